The van der Waals surface area contributed by atoms with Crippen LogP contribution in [0.15, 0.2) is 23.1 Å². The molecule has 2 unspecified atom stereocenters. The maximum absolute atomic E-state index is 13.5. The Balaban J connectivity index is 3.05. The third-order valence-electron chi connectivity index (χ3n) is 2.83. The smallest absolute Gasteiger partial charge is 0.228 e. The average Bonchev–Trinajstić information content (AvgIpc) is 2.29. The van der Waals surface area contributed by atoms with E-state index in [1.807, 2.05) is 0 Å². The minimum absolute atomic E-state index is 0.0577. The number of anilines is 1. The van der Waals surface area contributed by atoms with Crippen molar-refractivity contribution in [2.75, 3.05) is 11.6 Å². The Morgan fingerprint density at radius 3 is 2.42 bits per heavy atom. The lowest BCUT2D eigenvalue weighted by Gasteiger charge is -2.16. The predicted octanol–water partition coefficient (Wildman–Crippen LogP) is 1.15. The van der Waals surface area contributed by atoms with Crippen LogP contribution >= 0.6 is 0 Å². The highest BCUT2D eigenvalue weighted by Gasteiger charge is 2.19. The van der Waals surface area contributed by atoms with Crippen LogP contribution in [0.25, 0.3) is 0 Å². The Bertz CT molecular complexity index is 585. The highest BCUT2D eigenvalue weighted by atomic mass is 32.2. The van der Waals surface area contributed by atoms with Gasteiger partial charge in [-0.05, 0) is 25.1 Å². The Hall–Kier alpha value is -1.47. The van der Waals surface area contributed by atoms with E-state index in [9.17, 15) is 17.6 Å². The summed E-state index contributed by atoms with van der Waals surface area (Å²) in [6.45, 7) is 3.27. The number of sulfone groups is 1. The van der Waals surface area contributed by atoms with E-state index in [1.165, 1.54) is 0 Å². The Morgan fingerprint density at radius 2 is 1.95 bits per heavy atom. The number of hydrogen-bond acceptors (Lipinski definition) is 4. The molecule has 106 valence electrons. The zero-order valence-corrected chi connectivity index (χ0v) is 11.8. The molecule has 0 radical (unpaired) electrons. The number of rotatable bonds is 4. The largest absolute Gasteiger partial charge is 0.327 e. The molecule has 0 spiro atoms. The number of carbonyl (C=O) groups excluding carboxylic acids is 1. The van der Waals surface area contributed by atoms with E-state index in [-0.39, 0.29) is 16.6 Å². The fourth-order valence-electron chi connectivity index (χ4n) is 1.32. The highest BCUT2D eigenvalue weighted by molar-refractivity contribution is 7.90. The van der Waals surface area contributed by atoms with E-state index < -0.39 is 27.5 Å². The molecular formula is C12H17FN2O3S. The molecule has 3 N–H and O–H groups in total. The van der Waals surface area contributed by atoms with Crippen molar-refractivity contribution in [2.24, 2.45) is 11.7 Å². The van der Waals surface area contributed by atoms with Gasteiger partial charge in [-0.1, -0.05) is 6.92 Å². The van der Waals surface area contributed by atoms with E-state index in [4.69, 9.17) is 5.73 Å². The number of amides is 1. The average molecular weight is 288 g/mol. The molecule has 19 heavy (non-hydrogen) atoms. The summed E-state index contributed by atoms with van der Waals surface area (Å²) in [7, 11) is -3.46. The van der Waals surface area contributed by atoms with E-state index >= 15 is 0 Å². The van der Waals surface area contributed by atoms with E-state index in [1.54, 1.807) is 13.8 Å². The lowest BCUT2D eigenvalue weighted by atomic mass is 10.0. The predicted molar refractivity (Wildman–Crippen MR) is 71.0 cm³/mol. The quantitative estimate of drug-likeness (QED) is 0.813. The van der Waals surface area contributed by atoms with E-state index in [2.05, 4.69) is 5.32 Å². The molecule has 2 atom stereocenters. The topological polar surface area (TPSA) is 89.3 Å². The second-order valence-electron chi connectivity index (χ2n) is 4.55. The van der Waals surface area contributed by atoms with Crippen molar-refractivity contribution >= 4 is 21.4 Å². The van der Waals surface area contributed by atoms with E-state index in [0.29, 0.717) is 0 Å². The van der Waals surface area contributed by atoms with Crippen molar-refractivity contribution in [3.8, 4) is 0 Å². The van der Waals surface area contributed by atoms with Crippen LogP contribution < -0.4 is 11.1 Å². The van der Waals surface area contributed by atoms with Crippen LogP contribution in [0.1, 0.15) is 13.8 Å². The highest BCUT2D eigenvalue weighted by Crippen LogP contribution is 2.20. The van der Waals surface area contributed by atoms with Crippen molar-refractivity contribution in [1.82, 2.24) is 0 Å². The zero-order chi connectivity index (χ0) is 14.8. The zero-order valence-electron chi connectivity index (χ0n) is 11.0. The number of nitrogens with one attached hydrogen (secondary N) is 1. The van der Waals surface area contributed by atoms with Crippen LogP contribution in [-0.4, -0.2) is 26.6 Å². The number of carbonyl (C=O) groups is 1. The van der Waals surface area contributed by atoms with Crippen molar-refractivity contribution in [3.63, 3.8) is 0 Å². The molecule has 0 bridgehead atoms. The van der Waals surface area contributed by atoms with Gasteiger partial charge in [0.15, 0.2) is 9.84 Å². The molecule has 0 heterocycles. The van der Waals surface area contributed by atoms with Crippen LogP contribution in [0.4, 0.5) is 10.1 Å². The second kappa shape index (κ2) is 5.66. The first-order valence-electron chi connectivity index (χ1n) is 5.69. The van der Waals surface area contributed by atoms with Crippen LogP contribution in [-0.2, 0) is 14.6 Å². The number of nitrogens with two attached hydrogens (primary N) is 1. The van der Waals surface area contributed by atoms with Crippen LogP contribution in [0, 0.1) is 11.7 Å². The third-order valence-corrected chi connectivity index (χ3v) is 3.94. The van der Waals surface area contributed by atoms with Gasteiger partial charge in [0, 0.05) is 12.3 Å². The molecule has 0 aromatic heterocycles. The van der Waals surface area contributed by atoms with Crippen LogP contribution in [0.5, 0.6) is 0 Å². The van der Waals surface area contributed by atoms with Gasteiger partial charge >= 0.3 is 0 Å². The summed E-state index contributed by atoms with van der Waals surface area (Å²) in [5.74, 6) is -1.67. The molecule has 5 nitrogen and oxygen atoms in total. The number of halogens is 1. The van der Waals surface area contributed by atoms with Gasteiger partial charge in [0.05, 0.1) is 16.5 Å². The first-order valence-corrected chi connectivity index (χ1v) is 7.58. The fraction of sp³-hybridized carbons (Fsp3) is 0.417. The first-order chi connectivity index (χ1) is 8.62. The minimum Gasteiger partial charge on any atom is -0.327 e. The summed E-state index contributed by atoms with van der Waals surface area (Å²) in [4.78, 5) is 11.7. The normalized spacial score (nSPS) is 14.8. The molecule has 1 amide bonds. The van der Waals surface area contributed by atoms with Gasteiger partial charge in [0.2, 0.25) is 5.91 Å². The fourth-order valence-corrected chi connectivity index (χ4v) is 1.96. The SMILES string of the molecule is CC(N)C(C)C(=O)Nc1cc(S(C)(=O)=O)ccc1F. The van der Waals surface area contributed by atoms with E-state index in [0.717, 1.165) is 24.5 Å². The van der Waals surface area contributed by atoms with Gasteiger partial charge in [-0.3, -0.25) is 4.79 Å². The van der Waals surface area contributed by atoms with Crippen molar-refractivity contribution < 1.29 is 17.6 Å². The van der Waals surface area contributed by atoms with Gasteiger partial charge in [-0.2, -0.15) is 0 Å². The van der Waals surface area contributed by atoms with Crippen molar-refractivity contribution in [3.05, 3.63) is 24.0 Å². The first kappa shape index (κ1) is 15.6. The molecule has 0 saturated heterocycles. The maximum Gasteiger partial charge on any atom is 0.228 e. The van der Waals surface area contributed by atoms with Crippen molar-refractivity contribution in [2.45, 2.75) is 24.8 Å². The monoisotopic (exact) mass is 288 g/mol. The summed E-state index contributed by atoms with van der Waals surface area (Å²) >= 11 is 0. The summed E-state index contributed by atoms with van der Waals surface area (Å²) in [6, 6.07) is 2.86. The lowest BCUT2D eigenvalue weighted by molar-refractivity contribution is -0.119. The Kier molecular flexibility index (Phi) is 4.65. The van der Waals surface area contributed by atoms with Gasteiger partial charge in [0.25, 0.3) is 0 Å². The van der Waals surface area contributed by atoms with Gasteiger partial charge in [-0.15, -0.1) is 0 Å². The minimum atomic E-state index is -3.46. The molecule has 0 aliphatic heterocycles. The molecule has 1 rings (SSSR count). The molecule has 0 aliphatic rings. The Labute approximate surface area is 111 Å². The second-order valence-corrected chi connectivity index (χ2v) is 6.57. The summed E-state index contributed by atoms with van der Waals surface area (Å²) in [5.41, 5.74) is 5.41. The maximum atomic E-state index is 13.5. The summed E-state index contributed by atoms with van der Waals surface area (Å²) < 4.78 is 36.3. The van der Waals surface area contributed by atoms with Crippen LogP contribution in [0.2, 0.25) is 0 Å². The van der Waals surface area contributed by atoms with Gasteiger partial charge in [0.1, 0.15) is 5.82 Å². The molecule has 0 fully saturated rings. The molecule has 0 aliphatic carbocycles. The molecular weight excluding hydrogens is 271 g/mol. The summed E-state index contributed by atoms with van der Waals surface area (Å²) in [6.07, 6.45) is 1.01. The summed E-state index contributed by atoms with van der Waals surface area (Å²) in [5, 5.41) is 2.35. The van der Waals surface area contributed by atoms with Gasteiger partial charge in [-0.25, -0.2) is 12.8 Å². The number of hydrogen-bond donors (Lipinski definition) is 2. The molecule has 1 aromatic rings. The molecule has 7 heteroatoms. The lowest BCUT2D eigenvalue weighted by Crippen LogP contribution is -2.34. The van der Waals surface area contributed by atoms with Crippen molar-refractivity contribution in [1.29, 1.82) is 0 Å². The standard InChI is InChI=1S/C12H17FN2O3S/c1-7(8(2)14)12(16)15-11-6-9(19(3,17)18)4-5-10(11)13/h4-8H,14H2,1-3H3,(H,15,16). The van der Waals surface area contributed by atoms with Gasteiger partial charge < -0.3 is 11.1 Å². The third kappa shape index (κ3) is 4.00. The number of benzene rings is 1. The molecule has 1 aromatic carbocycles. The van der Waals surface area contributed by atoms with Crippen LogP contribution in [0.3, 0.4) is 0 Å². The Morgan fingerprint density at radius 1 is 1.37 bits per heavy atom. The molecule has 0 saturated carbocycles.